The highest BCUT2D eigenvalue weighted by molar-refractivity contribution is 7.93. The van der Waals surface area contributed by atoms with Crippen LogP contribution in [0.5, 0.6) is 0 Å². The second-order valence-electron chi connectivity index (χ2n) is 30.1. The summed E-state index contributed by atoms with van der Waals surface area (Å²) in [4.78, 5) is 4.49. The molecule has 8 fully saturated rings. The van der Waals surface area contributed by atoms with Crippen LogP contribution in [0.3, 0.4) is 0 Å². The van der Waals surface area contributed by atoms with Gasteiger partial charge in [-0.1, -0.05) is 161 Å². The maximum atomic E-state index is 13.4. The van der Waals surface area contributed by atoms with E-state index in [0.717, 1.165) is 93.1 Å². The highest BCUT2D eigenvalue weighted by Gasteiger charge is 2.61. The Bertz CT molecular complexity index is 2520. The van der Waals surface area contributed by atoms with Crippen molar-refractivity contribution in [3.63, 3.8) is 0 Å². The number of aromatic nitrogens is 1. The minimum Gasteiger partial charge on any atom is -0.225 e. The molecule has 4 unspecified atom stereocenters. The smallest absolute Gasteiger partial charge is 0.210 e. The van der Waals surface area contributed by atoms with Gasteiger partial charge in [-0.15, -0.1) is 17.9 Å². The molecule has 0 saturated heterocycles. The molecule has 10 aliphatic carbocycles. The summed E-state index contributed by atoms with van der Waals surface area (Å²) in [5, 5.41) is 0. The van der Waals surface area contributed by atoms with E-state index in [-0.39, 0.29) is 17.1 Å². The normalized spacial score (nSPS) is 43.2. The van der Waals surface area contributed by atoms with E-state index in [4.69, 9.17) is 0 Å². The number of allylic oxidation sites excluding steroid dienone is 7. The average Bonchev–Trinajstić information content (AvgIpc) is 4.32. The van der Waals surface area contributed by atoms with Crippen LogP contribution in [-0.4, -0.2) is 19.2 Å². The Balaban J connectivity index is 0.000000149. The monoisotopic (exact) mass is 1090 g/mol. The first-order valence-electron chi connectivity index (χ1n) is 33.1. The molecule has 0 radical (unpaired) electrons. The molecule has 3 nitrogen and oxygen atoms in total. The second-order valence-corrected chi connectivity index (χ2v) is 33.3. The second kappa shape index (κ2) is 23.7. The Labute approximate surface area is 477 Å². The summed E-state index contributed by atoms with van der Waals surface area (Å²) in [6, 6.07) is 7.75. The number of fused-ring (bicyclic) bond motifs is 11. The number of thiazole rings is 1. The molecule has 2 aromatic rings. The third kappa shape index (κ3) is 11.2. The molecule has 1 aromatic heterocycles. The van der Waals surface area contributed by atoms with Crippen LogP contribution in [0.25, 0.3) is 10.2 Å². The lowest BCUT2D eigenvalue weighted by atomic mass is 9.46. The van der Waals surface area contributed by atoms with Crippen LogP contribution in [0, 0.1) is 116 Å². The Morgan fingerprint density at radius 1 is 0.649 bits per heavy atom. The summed E-state index contributed by atoms with van der Waals surface area (Å²) in [6.07, 6.45) is 49.3. The van der Waals surface area contributed by atoms with Gasteiger partial charge >= 0.3 is 0 Å². The maximum absolute atomic E-state index is 13.4. The van der Waals surface area contributed by atoms with Gasteiger partial charge in [0.15, 0.2) is 0 Å². The fourth-order valence-corrected chi connectivity index (χ4v) is 24.6. The van der Waals surface area contributed by atoms with Crippen LogP contribution in [0.2, 0.25) is 0 Å². The van der Waals surface area contributed by atoms with Crippen molar-refractivity contribution in [3.05, 3.63) is 72.4 Å². The highest BCUT2D eigenvalue weighted by atomic mass is 32.2. The number of rotatable bonds is 10. The van der Waals surface area contributed by atoms with Gasteiger partial charge in [0.05, 0.1) is 16.0 Å². The minimum atomic E-state index is -3.38. The van der Waals surface area contributed by atoms with Crippen molar-refractivity contribution in [1.82, 2.24) is 4.98 Å². The third-order valence-corrected chi connectivity index (χ3v) is 29.6. The first-order chi connectivity index (χ1) is 36.9. The van der Waals surface area contributed by atoms with Crippen molar-refractivity contribution in [2.24, 2.45) is 116 Å². The fraction of sp³-hybridized carbons (Fsp3) is 0.792. The SMILES string of the molecule is C=CC1CCCCC1CC.CCC1CCCCC1/C=C/[C@@H](C)[C@H]1CC[C@H]2[C@@H]3CC=C4C[C@@H](C)CC[C@]4(C)[C@H]3CC[C@]12C.C[C@H]1CC[C@@]2(C)C(=CC[C@H]3[C@@H]4CC[C@H]([C@H](C)CS(=O)(=O)c5nc6ccccc6s5)[C@@]4(C)CC[C@@H]32)C1. The molecule has 428 valence electrons. The number of para-hydroxylation sites is 1. The van der Waals surface area contributed by atoms with Crippen LogP contribution < -0.4 is 0 Å². The van der Waals surface area contributed by atoms with Crippen LogP contribution in [0.15, 0.2) is 76.7 Å². The third-order valence-electron chi connectivity index (χ3n) is 26.1. The van der Waals surface area contributed by atoms with Crippen molar-refractivity contribution in [1.29, 1.82) is 0 Å². The van der Waals surface area contributed by atoms with E-state index in [1.54, 1.807) is 5.57 Å². The predicted octanol–water partition coefficient (Wildman–Crippen LogP) is 20.9. The fourth-order valence-electron chi connectivity index (χ4n) is 21.6. The van der Waals surface area contributed by atoms with E-state index >= 15 is 0 Å². The topological polar surface area (TPSA) is 47.0 Å². The Morgan fingerprint density at radius 2 is 1.17 bits per heavy atom. The summed E-state index contributed by atoms with van der Waals surface area (Å²) < 4.78 is 28.1. The molecule has 1 heterocycles. The van der Waals surface area contributed by atoms with Crippen molar-refractivity contribution < 1.29 is 8.42 Å². The number of benzene rings is 1. The summed E-state index contributed by atoms with van der Waals surface area (Å²) in [5.41, 5.74) is 6.24. The molecule has 0 bridgehead atoms. The highest BCUT2D eigenvalue weighted by Crippen LogP contribution is 2.69. The lowest BCUT2D eigenvalue weighted by molar-refractivity contribution is -0.0501. The molecule has 0 spiro atoms. The maximum Gasteiger partial charge on any atom is 0.210 e. The first kappa shape index (κ1) is 58.2. The van der Waals surface area contributed by atoms with E-state index < -0.39 is 9.84 Å². The molecule has 10 aliphatic rings. The summed E-state index contributed by atoms with van der Waals surface area (Å²) in [5.74, 6) is 13.2. The van der Waals surface area contributed by atoms with E-state index in [9.17, 15) is 8.42 Å². The van der Waals surface area contributed by atoms with Crippen LogP contribution in [-0.2, 0) is 9.84 Å². The van der Waals surface area contributed by atoms with Gasteiger partial charge in [0.25, 0.3) is 0 Å². The Morgan fingerprint density at radius 3 is 1.71 bits per heavy atom. The molecule has 12 rings (SSSR count). The summed E-state index contributed by atoms with van der Waals surface area (Å²) in [6.45, 7) is 28.8. The van der Waals surface area contributed by atoms with E-state index in [2.05, 4.69) is 111 Å². The number of hydrogen-bond acceptors (Lipinski definition) is 4. The molecule has 1 aromatic carbocycles. The molecule has 77 heavy (non-hydrogen) atoms. The van der Waals surface area contributed by atoms with Gasteiger partial charge in [-0.3, -0.25) is 0 Å². The van der Waals surface area contributed by atoms with E-state index in [1.807, 2.05) is 29.8 Å². The van der Waals surface area contributed by atoms with Gasteiger partial charge in [-0.05, 0) is 257 Å². The zero-order chi connectivity index (χ0) is 54.5. The van der Waals surface area contributed by atoms with Gasteiger partial charge in [-0.2, -0.15) is 0 Å². The number of sulfone groups is 1. The van der Waals surface area contributed by atoms with E-state index in [1.165, 1.54) is 178 Å². The van der Waals surface area contributed by atoms with Crippen LogP contribution in [0.4, 0.5) is 0 Å². The van der Waals surface area contributed by atoms with Gasteiger partial charge in [0, 0.05) is 0 Å². The minimum absolute atomic E-state index is 0.166. The molecule has 0 amide bonds. The lowest BCUT2D eigenvalue weighted by Gasteiger charge is -2.58. The van der Waals surface area contributed by atoms with Gasteiger partial charge in [0.1, 0.15) is 0 Å². The van der Waals surface area contributed by atoms with Gasteiger partial charge in [0.2, 0.25) is 14.2 Å². The van der Waals surface area contributed by atoms with Crippen molar-refractivity contribution in [2.75, 3.05) is 5.75 Å². The molecular weight excluding hydrogens is 975 g/mol. The molecular formula is C72H111NO2S2. The lowest BCUT2D eigenvalue weighted by Crippen LogP contribution is -2.50. The molecule has 0 N–H and O–H groups in total. The van der Waals surface area contributed by atoms with Crippen molar-refractivity contribution >= 4 is 31.4 Å². The predicted molar refractivity (Wildman–Crippen MR) is 330 cm³/mol. The van der Waals surface area contributed by atoms with Crippen molar-refractivity contribution in [2.45, 2.75) is 241 Å². The zero-order valence-electron chi connectivity index (χ0n) is 50.8. The molecule has 20 atom stereocenters. The van der Waals surface area contributed by atoms with E-state index in [0.29, 0.717) is 26.5 Å². The van der Waals surface area contributed by atoms with Crippen LogP contribution >= 0.6 is 11.3 Å². The summed E-state index contributed by atoms with van der Waals surface area (Å²) >= 11 is 1.33. The summed E-state index contributed by atoms with van der Waals surface area (Å²) in [7, 11) is -3.38. The number of hydrogen-bond donors (Lipinski definition) is 0. The largest absolute Gasteiger partial charge is 0.225 e. The number of nitrogens with zero attached hydrogens (tertiary/aromatic N) is 1. The van der Waals surface area contributed by atoms with Gasteiger partial charge < -0.3 is 0 Å². The van der Waals surface area contributed by atoms with Crippen molar-refractivity contribution in [3.8, 4) is 0 Å². The standard InChI is InChI=1S/C32H52.C30H41NO2S2.C10H18/c1-6-24-9-7-8-10-25(24)12-11-23(3)28-15-16-29-27-14-13-26-21-22(2)17-19-31(26,4)30(27)18-20-32(28,29)5;1-19-13-15-29(3)21(17-19)9-10-22-24-12-11-23(30(24,4)16-14-25(22)29)20(2)18-35(32,33)28-31-26-7-5-6-8-27(26)34-28;1-3-9-7-5-6-8-10(9)4-2/h11-13,22-25,27-30H,6-10,14-21H2,1-5H3;5-9,19-20,22-25H,10-18H2,1-4H3;3,9-10H,1,4-8H2,2H3/b12-11+;;/t22-,23+,24?,25?,27-,28+,29-,30-,31-,32+;19-,20+,22-,23+,24-,25-,29-,30+;/m00./s1. The van der Waals surface area contributed by atoms with Crippen LogP contribution in [0.1, 0.15) is 236 Å². The quantitative estimate of drug-likeness (QED) is 0.223. The molecule has 0 aliphatic heterocycles. The zero-order valence-corrected chi connectivity index (χ0v) is 52.4. The average molecular weight is 1090 g/mol. The molecule has 5 heteroatoms. The molecule has 8 saturated carbocycles. The Kier molecular flexibility index (Phi) is 17.9. The Hall–Kier alpha value is -1.98. The van der Waals surface area contributed by atoms with Gasteiger partial charge in [-0.25, -0.2) is 13.4 Å². The first-order valence-corrected chi connectivity index (χ1v) is 35.6.